The molecule has 0 radical (unpaired) electrons. The second kappa shape index (κ2) is 14.9. The molecule has 3 aromatic rings. The van der Waals surface area contributed by atoms with Gasteiger partial charge in [-0.05, 0) is 70.0 Å². The maximum atomic E-state index is 12.4. The number of carbonyl (C=O) groups is 3. The molecule has 10 nitrogen and oxygen atoms in total. The number of ether oxygens (including phenoxy) is 3. The van der Waals surface area contributed by atoms with E-state index in [2.05, 4.69) is 43.7 Å². The SMILES string of the molecule is C=CCOc1ccc(NC(=O)C(=O)N/N=C\c2cc(Br)c(OCC(=O)Nc3cccc(Cl)c3Cl)c(OC)c2)cc1. The van der Waals surface area contributed by atoms with Crippen LogP contribution in [0, 0.1) is 0 Å². The monoisotopic (exact) mass is 648 g/mol. The lowest BCUT2D eigenvalue weighted by atomic mass is 10.2. The quantitative estimate of drug-likeness (QED) is 0.110. The van der Waals surface area contributed by atoms with Crippen LogP contribution in [0.4, 0.5) is 11.4 Å². The van der Waals surface area contributed by atoms with Crippen molar-refractivity contribution in [3.8, 4) is 17.2 Å². The van der Waals surface area contributed by atoms with E-state index in [0.29, 0.717) is 38.8 Å². The molecule has 0 bridgehead atoms. The Labute approximate surface area is 248 Å². The number of carbonyl (C=O) groups excluding carboxylic acids is 3. The van der Waals surface area contributed by atoms with E-state index < -0.39 is 17.7 Å². The van der Waals surface area contributed by atoms with Gasteiger partial charge in [0, 0.05) is 5.69 Å². The molecule has 3 rings (SSSR count). The highest BCUT2D eigenvalue weighted by Crippen LogP contribution is 2.36. The van der Waals surface area contributed by atoms with Gasteiger partial charge in [-0.3, -0.25) is 14.4 Å². The zero-order chi connectivity index (χ0) is 29.1. The Bertz CT molecular complexity index is 1430. The summed E-state index contributed by atoms with van der Waals surface area (Å²) in [5, 5.41) is 9.42. The van der Waals surface area contributed by atoms with E-state index in [1.807, 2.05) is 0 Å². The average Bonchev–Trinajstić information content (AvgIpc) is 2.94. The van der Waals surface area contributed by atoms with E-state index in [9.17, 15) is 14.4 Å². The van der Waals surface area contributed by atoms with Crippen LogP contribution in [-0.4, -0.2) is 44.3 Å². The van der Waals surface area contributed by atoms with Gasteiger partial charge in [0.05, 0.1) is 33.5 Å². The summed E-state index contributed by atoms with van der Waals surface area (Å²) < 4.78 is 16.8. The molecule has 0 saturated heterocycles. The molecule has 3 aromatic carbocycles. The van der Waals surface area contributed by atoms with Crippen LogP contribution in [0.3, 0.4) is 0 Å². The number of nitrogens with zero attached hydrogens (tertiary/aromatic N) is 1. The minimum atomic E-state index is -0.972. The summed E-state index contributed by atoms with van der Waals surface area (Å²) >= 11 is 15.4. The van der Waals surface area contributed by atoms with E-state index in [1.165, 1.54) is 13.3 Å². The van der Waals surface area contributed by atoms with E-state index >= 15 is 0 Å². The van der Waals surface area contributed by atoms with Crippen molar-refractivity contribution in [2.75, 3.05) is 31.0 Å². The highest BCUT2D eigenvalue weighted by atomic mass is 79.9. The predicted molar refractivity (Wildman–Crippen MR) is 158 cm³/mol. The number of benzene rings is 3. The Balaban J connectivity index is 1.56. The maximum Gasteiger partial charge on any atom is 0.329 e. The molecule has 0 spiro atoms. The van der Waals surface area contributed by atoms with Crippen LogP contribution in [0.1, 0.15) is 5.56 Å². The number of methoxy groups -OCH3 is 1. The first-order valence-electron chi connectivity index (χ1n) is 11.4. The molecule has 13 heteroatoms. The summed E-state index contributed by atoms with van der Waals surface area (Å²) in [5.74, 6) is -1.21. The molecule has 0 aliphatic carbocycles. The number of halogens is 3. The summed E-state index contributed by atoms with van der Waals surface area (Å²) in [7, 11) is 1.42. The van der Waals surface area contributed by atoms with Crippen LogP contribution in [0.2, 0.25) is 10.0 Å². The van der Waals surface area contributed by atoms with Crippen LogP contribution in [0.15, 0.2) is 76.8 Å². The van der Waals surface area contributed by atoms with E-state index in [1.54, 1.807) is 60.7 Å². The van der Waals surface area contributed by atoms with Crippen molar-refractivity contribution in [3.05, 3.63) is 87.3 Å². The molecule has 3 amide bonds. The Morgan fingerprint density at radius 1 is 1.02 bits per heavy atom. The Hall–Kier alpha value is -4.06. The van der Waals surface area contributed by atoms with Gasteiger partial charge in [0.15, 0.2) is 18.1 Å². The first-order chi connectivity index (χ1) is 19.2. The standard InChI is InChI=1S/C27H23BrCl2N4O6/c1-3-11-39-18-9-7-17(8-10-18)32-26(36)27(37)34-31-14-16-12-19(28)25(22(13-16)38-2)40-15-23(35)33-21-6-4-5-20(29)24(21)30/h3-10,12-14H,1,11,15H2,2H3,(H,32,36)(H,33,35)(H,34,37)/b31-14-. The van der Waals surface area contributed by atoms with E-state index in [0.717, 1.165) is 0 Å². The van der Waals surface area contributed by atoms with Crippen LogP contribution in [-0.2, 0) is 14.4 Å². The second-order valence-electron chi connectivity index (χ2n) is 7.75. The van der Waals surface area contributed by atoms with Crippen molar-refractivity contribution in [1.29, 1.82) is 0 Å². The molecular weight excluding hydrogens is 627 g/mol. The molecule has 0 saturated carbocycles. The second-order valence-corrected chi connectivity index (χ2v) is 9.39. The molecule has 0 heterocycles. The lowest BCUT2D eigenvalue weighted by molar-refractivity contribution is -0.136. The van der Waals surface area contributed by atoms with Gasteiger partial charge in [-0.1, -0.05) is 41.9 Å². The first kappa shape index (κ1) is 30.5. The average molecular weight is 650 g/mol. The number of nitrogens with one attached hydrogen (secondary N) is 3. The molecule has 208 valence electrons. The molecule has 3 N–H and O–H groups in total. The van der Waals surface area contributed by atoms with Gasteiger partial charge in [0.25, 0.3) is 5.91 Å². The highest BCUT2D eigenvalue weighted by Gasteiger charge is 2.16. The summed E-state index contributed by atoms with van der Waals surface area (Å²) in [4.78, 5) is 36.6. The highest BCUT2D eigenvalue weighted by molar-refractivity contribution is 9.10. The smallest absolute Gasteiger partial charge is 0.329 e. The molecule has 0 unspecified atom stereocenters. The zero-order valence-corrected chi connectivity index (χ0v) is 24.1. The molecule has 0 aromatic heterocycles. The third-order valence-electron chi connectivity index (χ3n) is 4.89. The lowest BCUT2D eigenvalue weighted by Gasteiger charge is -2.14. The summed E-state index contributed by atoms with van der Waals surface area (Å²) in [5.41, 5.74) is 3.41. The summed E-state index contributed by atoms with van der Waals surface area (Å²) in [6.45, 7) is 3.57. The van der Waals surface area contributed by atoms with Gasteiger partial charge in [-0.2, -0.15) is 5.10 Å². The van der Waals surface area contributed by atoms with Crippen molar-refractivity contribution >= 4 is 74.4 Å². The normalized spacial score (nSPS) is 10.5. The van der Waals surface area contributed by atoms with Crippen molar-refractivity contribution in [2.45, 2.75) is 0 Å². The predicted octanol–water partition coefficient (Wildman–Crippen LogP) is 5.44. The lowest BCUT2D eigenvalue weighted by Crippen LogP contribution is -2.32. The number of amides is 3. The topological polar surface area (TPSA) is 127 Å². The van der Waals surface area contributed by atoms with Crippen molar-refractivity contribution < 1.29 is 28.6 Å². The van der Waals surface area contributed by atoms with Gasteiger partial charge in [-0.15, -0.1) is 0 Å². The van der Waals surface area contributed by atoms with Gasteiger partial charge < -0.3 is 24.8 Å². The van der Waals surface area contributed by atoms with E-state index in [4.69, 9.17) is 37.4 Å². The molecule has 0 fully saturated rings. The minimum absolute atomic E-state index is 0.216. The zero-order valence-electron chi connectivity index (χ0n) is 21.0. The van der Waals surface area contributed by atoms with Crippen LogP contribution < -0.4 is 30.3 Å². The third-order valence-corrected chi connectivity index (χ3v) is 6.30. The van der Waals surface area contributed by atoms with Crippen molar-refractivity contribution in [2.24, 2.45) is 5.10 Å². The first-order valence-corrected chi connectivity index (χ1v) is 13.0. The minimum Gasteiger partial charge on any atom is -0.493 e. The molecule has 0 aliphatic heterocycles. The largest absolute Gasteiger partial charge is 0.493 e. The van der Waals surface area contributed by atoms with Crippen LogP contribution in [0.25, 0.3) is 0 Å². The van der Waals surface area contributed by atoms with Gasteiger partial charge in [0.2, 0.25) is 0 Å². The Morgan fingerprint density at radius 2 is 1.77 bits per heavy atom. The van der Waals surface area contributed by atoms with Crippen LogP contribution in [0.5, 0.6) is 17.2 Å². The fraction of sp³-hybridized carbons (Fsp3) is 0.111. The van der Waals surface area contributed by atoms with Crippen molar-refractivity contribution in [3.63, 3.8) is 0 Å². The molecule has 0 atom stereocenters. The van der Waals surface area contributed by atoms with Gasteiger partial charge in [-0.25, -0.2) is 5.43 Å². The third kappa shape index (κ3) is 8.73. The Kier molecular flexibility index (Phi) is 11.4. The molecule has 40 heavy (non-hydrogen) atoms. The van der Waals surface area contributed by atoms with E-state index in [-0.39, 0.29) is 23.1 Å². The van der Waals surface area contributed by atoms with Crippen molar-refractivity contribution in [1.82, 2.24) is 5.43 Å². The summed E-state index contributed by atoms with van der Waals surface area (Å²) in [6, 6.07) is 14.5. The van der Waals surface area contributed by atoms with Gasteiger partial charge >= 0.3 is 11.8 Å². The molecular formula is C27H23BrCl2N4O6. The fourth-order valence-corrected chi connectivity index (χ4v) is 3.99. The van der Waals surface area contributed by atoms with Crippen LogP contribution >= 0.6 is 39.1 Å². The maximum absolute atomic E-state index is 12.4. The molecule has 0 aliphatic rings. The number of hydrogen-bond donors (Lipinski definition) is 3. The number of rotatable bonds is 11. The van der Waals surface area contributed by atoms with Gasteiger partial charge in [0.1, 0.15) is 12.4 Å². The Morgan fingerprint density at radius 3 is 2.48 bits per heavy atom. The fourth-order valence-electron chi connectivity index (χ4n) is 3.07. The summed E-state index contributed by atoms with van der Waals surface area (Å²) in [6.07, 6.45) is 2.92. The number of hydrogen-bond acceptors (Lipinski definition) is 7. The number of anilines is 2. The number of hydrazone groups is 1.